The Hall–Kier alpha value is -1.43. The van der Waals surface area contributed by atoms with Gasteiger partial charge >= 0.3 is 5.97 Å². The fourth-order valence-electron chi connectivity index (χ4n) is 2.51. The highest BCUT2D eigenvalue weighted by molar-refractivity contribution is 5.97. The summed E-state index contributed by atoms with van der Waals surface area (Å²) < 4.78 is 5.20. The molecule has 2 rings (SSSR count). The molecule has 2 heterocycles. The molecule has 2 saturated heterocycles. The number of carboxylic acid groups (broad SMARTS) is 1. The van der Waals surface area contributed by atoms with E-state index in [0.29, 0.717) is 25.7 Å². The van der Waals surface area contributed by atoms with E-state index in [0.717, 1.165) is 4.90 Å². The first-order chi connectivity index (χ1) is 8.47. The Morgan fingerprint density at radius 3 is 2.39 bits per heavy atom. The minimum atomic E-state index is -1.20. The molecule has 0 radical (unpaired) electrons. The average Bonchev–Trinajstić information content (AvgIpc) is 2.61. The van der Waals surface area contributed by atoms with Crippen molar-refractivity contribution in [1.82, 2.24) is 4.90 Å². The third-order valence-electron chi connectivity index (χ3n) is 3.78. The van der Waals surface area contributed by atoms with Crippen LogP contribution in [0.15, 0.2) is 0 Å². The molecular formula is C12H17NO5. The summed E-state index contributed by atoms with van der Waals surface area (Å²) in [6, 6.07) is -0.687. The van der Waals surface area contributed by atoms with Crippen LogP contribution >= 0.6 is 0 Å². The topological polar surface area (TPSA) is 83.9 Å². The number of carbonyl (C=O) groups is 3. The molecule has 18 heavy (non-hydrogen) atoms. The summed E-state index contributed by atoms with van der Waals surface area (Å²) >= 11 is 0. The highest BCUT2D eigenvalue weighted by atomic mass is 16.5. The van der Waals surface area contributed by atoms with Crippen LogP contribution in [0.4, 0.5) is 0 Å². The molecule has 0 aliphatic carbocycles. The molecule has 100 valence electrons. The molecule has 0 aromatic rings. The van der Waals surface area contributed by atoms with E-state index in [1.807, 2.05) is 0 Å². The summed E-state index contributed by atoms with van der Waals surface area (Å²) in [6.07, 6.45) is 1.97. The van der Waals surface area contributed by atoms with Gasteiger partial charge in [-0.15, -0.1) is 0 Å². The van der Waals surface area contributed by atoms with Gasteiger partial charge in [-0.25, -0.2) is 0 Å². The van der Waals surface area contributed by atoms with Crippen LogP contribution in [-0.2, 0) is 19.1 Å². The second-order valence-electron chi connectivity index (χ2n) is 5.12. The standard InChI is InChI=1S/C12H17NO5/c1-12(11(16)17)7-18-6-8(12)13-9(14)4-2-3-5-10(13)15/h8H,2-7H2,1H3,(H,16,17). The summed E-state index contributed by atoms with van der Waals surface area (Å²) in [5.41, 5.74) is -1.20. The number of rotatable bonds is 2. The van der Waals surface area contributed by atoms with Crippen LogP contribution in [0.5, 0.6) is 0 Å². The first-order valence-electron chi connectivity index (χ1n) is 6.13. The van der Waals surface area contributed by atoms with Gasteiger partial charge in [-0.2, -0.15) is 0 Å². The van der Waals surface area contributed by atoms with Crippen LogP contribution in [0.2, 0.25) is 0 Å². The quantitative estimate of drug-likeness (QED) is 0.722. The SMILES string of the molecule is CC1(C(=O)O)COCC1N1C(=O)CCCCC1=O. The Balaban J connectivity index is 2.30. The van der Waals surface area contributed by atoms with E-state index in [4.69, 9.17) is 4.74 Å². The van der Waals surface area contributed by atoms with Crippen molar-refractivity contribution in [3.63, 3.8) is 0 Å². The molecule has 2 fully saturated rings. The van der Waals surface area contributed by atoms with Gasteiger partial charge in [-0.1, -0.05) is 0 Å². The van der Waals surface area contributed by atoms with E-state index in [1.54, 1.807) is 0 Å². The molecule has 6 heteroatoms. The Labute approximate surface area is 105 Å². The van der Waals surface area contributed by atoms with Gasteiger partial charge in [0.25, 0.3) is 0 Å². The highest BCUT2D eigenvalue weighted by Crippen LogP contribution is 2.34. The molecular weight excluding hydrogens is 238 g/mol. The van der Waals surface area contributed by atoms with Crippen molar-refractivity contribution in [3.8, 4) is 0 Å². The second kappa shape index (κ2) is 4.68. The van der Waals surface area contributed by atoms with Crippen molar-refractivity contribution >= 4 is 17.8 Å². The lowest BCUT2D eigenvalue weighted by atomic mass is 9.84. The minimum Gasteiger partial charge on any atom is -0.481 e. The smallest absolute Gasteiger partial charge is 0.313 e. The summed E-state index contributed by atoms with van der Waals surface area (Å²) in [5, 5.41) is 9.29. The number of imide groups is 1. The number of hydrogen-bond acceptors (Lipinski definition) is 4. The molecule has 2 unspecified atom stereocenters. The number of hydrogen-bond donors (Lipinski definition) is 1. The van der Waals surface area contributed by atoms with Crippen LogP contribution in [0, 0.1) is 5.41 Å². The van der Waals surface area contributed by atoms with Gasteiger partial charge in [0.15, 0.2) is 0 Å². The number of aliphatic carboxylic acids is 1. The van der Waals surface area contributed by atoms with Crippen molar-refractivity contribution in [3.05, 3.63) is 0 Å². The lowest BCUT2D eigenvalue weighted by molar-refractivity contribution is -0.156. The Morgan fingerprint density at radius 2 is 1.89 bits per heavy atom. The lowest BCUT2D eigenvalue weighted by Crippen LogP contribution is -2.54. The molecule has 0 bridgehead atoms. The molecule has 2 atom stereocenters. The molecule has 6 nitrogen and oxygen atoms in total. The fraction of sp³-hybridized carbons (Fsp3) is 0.750. The van der Waals surface area contributed by atoms with E-state index in [-0.39, 0.29) is 25.0 Å². The van der Waals surface area contributed by atoms with Crippen LogP contribution < -0.4 is 0 Å². The Morgan fingerprint density at radius 1 is 1.33 bits per heavy atom. The van der Waals surface area contributed by atoms with E-state index in [1.165, 1.54) is 6.92 Å². The van der Waals surface area contributed by atoms with E-state index < -0.39 is 17.4 Å². The van der Waals surface area contributed by atoms with E-state index in [9.17, 15) is 19.5 Å². The maximum atomic E-state index is 12.0. The largest absolute Gasteiger partial charge is 0.481 e. The van der Waals surface area contributed by atoms with E-state index in [2.05, 4.69) is 0 Å². The molecule has 0 aromatic carbocycles. The Bertz CT molecular complexity index is 376. The molecule has 0 saturated carbocycles. The van der Waals surface area contributed by atoms with Gasteiger partial charge in [0.1, 0.15) is 5.41 Å². The predicted octanol–water partition coefficient (Wildman–Crippen LogP) is 0.405. The normalized spacial score (nSPS) is 33.6. The van der Waals surface area contributed by atoms with Crippen molar-refractivity contribution in [2.45, 2.75) is 38.6 Å². The zero-order chi connectivity index (χ0) is 13.3. The zero-order valence-corrected chi connectivity index (χ0v) is 10.3. The van der Waals surface area contributed by atoms with Crippen molar-refractivity contribution in [2.24, 2.45) is 5.41 Å². The number of nitrogens with zero attached hydrogens (tertiary/aromatic N) is 1. The van der Waals surface area contributed by atoms with E-state index >= 15 is 0 Å². The maximum Gasteiger partial charge on any atom is 0.313 e. The molecule has 0 spiro atoms. The number of amides is 2. The molecule has 2 amide bonds. The molecule has 1 N–H and O–H groups in total. The monoisotopic (exact) mass is 255 g/mol. The number of carbonyl (C=O) groups excluding carboxylic acids is 2. The van der Waals surface area contributed by atoms with Gasteiger partial charge in [-0.05, 0) is 19.8 Å². The third kappa shape index (κ3) is 2.01. The number of likely N-dealkylation sites (tertiary alicyclic amines) is 1. The average molecular weight is 255 g/mol. The Kier molecular flexibility index (Phi) is 3.38. The van der Waals surface area contributed by atoms with Crippen LogP contribution in [0.1, 0.15) is 32.6 Å². The number of ether oxygens (including phenoxy) is 1. The second-order valence-corrected chi connectivity index (χ2v) is 5.12. The van der Waals surface area contributed by atoms with Crippen molar-refractivity contribution in [2.75, 3.05) is 13.2 Å². The molecule has 0 aromatic heterocycles. The molecule has 2 aliphatic rings. The summed E-state index contributed by atoms with van der Waals surface area (Å²) in [5.74, 6) is -1.59. The third-order valence-corrected chi connectivity index (χ3v) is 3.78. The van der Waals surface area contributed by atoms with Crippen LogP contribution in [-0.4, -0.2) is 47.0 Å². The fourth-order valence-corrected chi connectivity index (χ4v) is 2.51. The van der Waals surface area contributed by atoms with Crippen LogP contribution in [0.25, 0.3) is 0 Å². The first kappa shape index (κ1) is 13.0. The van der Waals surface area contributed by atoms with Crippen molar-refractivity contribution in [1.29, 1.82) is 0 Å². The summed E-state index contributed by atoms with van der Waals surface area (Å²) in [4.78, 5) is 36.4. The lowest BCUT2D eigenvalue weighted by Gasteiger charge is -2.33. The highest BCUT2D eigenvalue weighted by Gasteiger charge is 2.52. The van der Waals surface area contributed by atoms with Gasteiger partial charge in [0.05, 0.1) is 19.3 Å². The van der Waals surface area contributed by atoms with Gasteiger partial charge in [0, 0.05) is 12.8 Å². The zero-order valence-electron chi connectivity index (χ0n) is 10.3. The predicted molar refractivity (Wildman–Crippen MR) is 60.7 cm³/mol. The molecule has 2 aliphatic heterocycles. The van der Waals surface area contributed by atoms with Gasteiger partial charge in [-0.3, -0.25) is 19.3 Å². The van der Waals surface area contributed by atoms with Gasteiger partial charge < -0.3 is 9.84 Å². The minimum absolute atomic E-state index is 0.0318. The summed E-state index contributed by atoms with van der Waals surface area (Å²) in [6.45, 7) is 1.67. The summed E-state index contributed by atoms with van der Waals surface area (Å²) in [7, 11) is 0. The maximum absolute atomic E-state index is 12.0. The van der Waals surface area contributed by atoms with Crippen molar-refractivity contribution < 1.29 is 24.2 Å². The van der Waals surface area contributed by atoms with Gasteiger partial charge in [0.2, 0.25) is 11.8 Å². The first-order valence-corrected chi connectivity index (χ1v) is 6.13. The number of carboxylic acids is 1. The van der Waals surface area contributed by atoms with Crippen LogP contribution in [0.3, 0.4) is 0 Å².